The lowest BCUT2D eigenvalue weighted by Gasteiger charge is -2.00. The summed E-state index contributed by atoms with van der Waals surface area (Å²) in [6.45, 7) is 0. The summed E-state index contributed by atoms with van der Waals surface area (Å²) in [5.41, 5.74) is -0.729. The van der Waals surface area contributed by atoms with E-state index in [1.54, 1.807) is 0 Å². The molecule has 1 aromatic heterocycles. The van der Waals surface area contributed by atoms with Gasteiger partial charge in [-0.05, 0) is 6.07 Å². The number of hydrogen-bond acceptors (Lipinski definition) is 3. The van der Waals surface area contributed by atoms with E-state index in [0.29, 0.717) is 0 Å². The van der Waals surface area contributed by atoms with Gasteiger partial charge in [-0.1, -0.05) is 11.6 Å². The first-order valence-corrected chi connectivity index (χ1v) is 4.53. The van der Waals surface area contributed by atoms with E-state index in [1.165, 1.54) is 0 Å². The summed E-state index contributed by atoms with van der Waals surface area (Å²) >= 11 is 5.49. The largest absolute Gasteiger partial charge is 0.475 e. The van der Waals surface area contributed by atoms with Crippen LogP contribution in [-0.4, -0.2) is 11.1 Å². The molecule has 0 aliphatic rings. The first-order chi connectivity index (χ1) is 7.49. The Morgan fingerprint density at radius 1 is 1.38 bits per heavy atom. The van der Waals surface area contributed by atoms with Gasteiger partial charge in [0.05, 0.1) is 10.4 Å². The topological polar surface area (TPSA) is 67.5 Å². The van der Waals surface area contributed by atoms with Gasteiger partial charge in [-0.25, -0.2) is 9.18 Å². The molecule has 1 heterocycles. The van der Waals surface area contributed by atoms with Crippen LogP contribution < -0.4 is 5.43 Å². The van der Waals surface area contributed by atoms with E-state index < -0.39 is 23.0 Å². The van der Waals surface area contributed by atoms with Crippen molar-refractivity contribution in [3.05, 3.63) is 45.0 Å². The van der Waals surface area contributed by atoms with Crippen LogP contribution in [0.2, 0.25) is 5.02 Å². The van der Waals surface area contributed by atoms with Gasteiger partial charge in [0.15, 0.2) is 5.43 Å². The summed E-state index contributed by atoms with van der Waals surface area (Å²) in [5, 5.41) is 8.46. The Kier molecular flexibility index (Phi) is 2.40. The fraction of sp³-hybridized carbons (Fsp3) is 0. The van der Waals surface area contributed by atoms with Gasteiger partial charge in [-0.15, -0.1) is 0 Å². The van der Waals surface area contributed by atoms with Crippen LogP contribution in [0, 0.1) is 5.82 Å². The quantitative estimate of drug-likeness (QED) is 0.833. The highest BCUT2D eigenvalue weighted by molar-refractivity contribution is 6.31. The summed E-state index contributed by atoms with van der Waals surface area (Å²) in [6.07, 6.45) is 0. The molecule has 16 heavy (non-hydrogen) atoms. The molecule has 0 aliphatic carbocycles. The average molecular weight is 243 g/mol. The van der Waals surface area contributed by atoms with Crippen molar-refractivity contribution < 1.29 is 18.7 Å². The maximum Gasteiger partial charge on any atom is 0.371 e. The van der Waals surface area contributed by atoms with Gasteiger partial charge < -0.3 is 9.52 Å². The number of benzene rings is 1. The Morgan fingerprint density at radius 2 is 2.06 bits per heavy atom. The molecule has 0 amide bonds. The van der Waals surface area contributed by atoms with E-state index in [0.717, 1.165) is 18.2 Å². The fourth-order valence-electron chi connectivity index (χ4n) is 1.26. The summed E-state index contributed by atoms with van der Waals surface area (Å²) < 4.78 is 17.9. The Balaban J connectivity index is 2.88. The van der Waals surface area contributed by atoms with E-state index >= 15 is 0 Å². The second-order valence-electron chi connectivity index (χ2n) is 3.04. The third-order valence-corrected chi connectivity index (χ3v) is 2.27. The molecule has 1 N–H and O–H groups in total. The first-order valence-electron chi connectivity index (χ1n) is 4.15. The standard InChI is InChI=1S/C10H4ClFO4/c11-5-1-4-7(13)3-9(10(14)15)16-8(4)2-6(5)12/h1-3H,(H,14,15). The molecule has 0 saturated carbocycles. The van der Waals surface area contributed by atoms with E-state index in [-0.39, 0.29) is 16.0 Å². The molecule has 2 aromatic rings. The third kappa shape index (κ3) is 1.65. The molecule has 0 saturated heterocycles. The summed E-state index contributed by atoms with van der Waals surface area (Å²) in [6, 6.07) is 2.80. The van der Waals surface area contributed by atoms with Crippen molar-refractivity contribution in [1.82, 2.24) is 0 Å². The predicted molar refractivity (Wildman–Crippen MR) is 54.4 cm³/mol. The molecule has 0 radical (unpaired) electrons. The SMILES string of the molecule is O=C(O)c1cc(=O)c2cc(Cl)c(F)cc2o1. The number of carboxylic acids is 1. The number of fused-ring (bicyclic) bond motifs is 1. The summed E-state index contributed by atoms with van der Waals surface area (Å²) in [5.74, 6) is -2.71. The monoisotopic (exact) mass is 242 g/mol. The third-order valence-electron chi connectivity index (χ3n) is 1.98. The van der Waals surface area contributed by atoms with Crippen LogP contribution in [0.15, 0.2) is 27.4 Å². The Morgan fingerprint density at radius 3 is 2.69 bits per heavy atom. The lowest BCUT2D eigenvalue weighted by atomic mass is 10.2. The van der Waals surface area contributed by atoms with Crippen molar-refractivity contribution in [2.45, 2.75) is 0 Å². The molecule has 0 aliphatic heterocycles. The van der Waals surface area contributed by atoms with Crippen LogP contribution in [0.1, 0.15) is 10.6 Å². The van der Waals surface area contributed by atoms with Gasteiger partial charge in [-0.2, -0.15) is 0 Å². The van der Waals surface area contributed by atoms with Gasteiger partial charge in [0.25, 0.3) is 0 Å². The van der Waals surface area contributed by atoms with Crippen molar-refractivity contribution in [3.8, 4) is 0 Å². The van der Waals surface area contributed by atoms with Crippen LogP contribution in [0.4, 0.5) is 4.39 Å². The molecule has 82 valence electrons. The molecular formula is C10H4ClFO4. The van der Waals surface area contributed by atoms with Crippen LogP contribution in [0.5, 0.6) is 0 Å². The van der Waals surface area contributed by atoms with Crippen molar-refractivity contribution in [1.29, 1.82) is 0 Å². The Labute approximate surface area is 92.9 Å². The van der Waals surface area contributed by atoms with Crippen LogP contribution in [0.3, 0.4) is 0 Å². The van der Waals surface area contributed by atoms with Crippen LogP contribution in [0.25, 0.3) is 11.0 Å². The normalized spacial score (nSPS) is 10.6. The first kappa shape index (κ1) is 10.6. The van der Waals surface area contributed by atoms with E-state index in [2.05, 4.69) is 0 Å². The van der Waals surface area contributed by atoms with Crippen molar-refractivity contribution in [2.24, 2.45) is 0 Å². The molecule has 0 spiro atoms. The zero-order valence-electron chi connectivity index (χ0n) is 7.66. The number of hydrogen-bond donors (Lipinski definition) is 1. The van der Waals surface area contributed by atoms with E-state index in [4.69, 9.17) is 21.1 Å². The molecular weight excluding hydrogens is 239 g/mol. The van der Waals surface area contributed by atoms with Gasteiger partial charge in [0.1, 0.15) is 11.4 Å². The predicted octanol–water partition coefficient (Wildman–Crippen LogP) is 2.28. The molecule has 0 bridgehead atoms. The molecule has 0 fully saturated rings. The van der Waals surface area contributed by atoms with Gasteiger partial charge in [0.2, 0.25) is 5.76 Å². The molecule has 2 rings (SSSR count). The van der Waals surface area contributed by atoms with Crippen LogP contribution in [-0.2, 0) is 0 Å². The molecule has 1 aromatic carbocycles. The maximum absolute atomic E-state index is 13.1. The molecule has 4 nitrogen and oxygen atoms in total. The second-order valence-corrected chi connectivity index (χ2v) is 3.45. The van der Waals surface area contributed by atoms with Gasteiger partial charge >= 0.3 is 5.97 Å². The second kappa shape index (κ2) is 3.61. The highest BCUT2D eigenvalue weighted by Gasteiger charge is 2.12. The number of aromatic carboxylic acids is 1. The Hall–Kier alpha value is -1.88. The van der Waals surface area contributed by atoms with E-state index in [1.807, 2.05) is 0 Å². The van der Waals surface area contributed by atoms with Gasteiger partial charge in [0, 0.05) is 12.1 Å². The molecule has 0 atom stereocenters. The lowest BCUT2D eigenvalue weighted by Crippen LogP contribution is -2.06. The number of rotatable bonds is 1. The smallest absolute Gasteiger partial charge is 0.371 e. The fourth-order valence-corrected chi connectivity index (χ4v) is 1.42. The highest BCUT2D eigenvalue weighted by Crippen LogP contribution is 2.21. The van der Waals surface area contributed by atoms with E-state index in [9.17, 15) is 14.0 Å². The zero-order valence-corrected chi connectivity index (χ0v) is 8.42. The minimum atomic E-state index is -1.39. The molecule has 6 heteroatoms. The minimum absolute atomic E-state index is 0.0383. The highest BCUT2D eigenvalue weighted by atomic mass is 35.5. The minimum Gasteiger partial charge on any atom is -0.475 e. The summed E-state index contributed by atoms with van der Waals surface area (Å²) in [4.78, 5) is 22.1. The van der Waals surface area contributed by atoms with Crippen molar-refractivity contribution >= 4 is 28.5 Å². The number of halogens is 2. The average Bonchev–Trinajstić information content (AvgIpc) is 2.20. The van der Waals surface area contributed by atoms with Gasteiger partial charge in [-0.3, -0.25) is 4.79 Å². The van der Waals surface area contributed by atoms with Crippen molar-refractivity contribution in [2.75, 3.05) is 0 Å². The molecule has 0 unspecified atom stereocenters. The summed E-state index contributed by atoms with van der Waals surface area (Å²) in [7, 11) is 0. The number of carbonyl (C=O) groups is 1. The Bertz CT molecular complexity index is 647. The number of carboxylic acid groups (broad SMARTS) is 1. The van der Waals surface area contributed by atoms with Crippen LogP contribution >= 0.6 is 11.6 Å². The maximum atomic E-state index is 13.1. The zero-order chi connectivity index (χ0) is 11.9. The van der Waals surface area contributed by atoms with Crippen molar-refractivity contribution in [3.63, 3.8) is 0 Å². The lowest BCUT2D eigenvalue weighted by molar-refractivity contribution is 0.0663.